The molecule has 0 saturated heterocycles. The van der Waals surface area contributed by atoms with Gasteiger partial charge in [-0.3, -0.25) is 9.13 Å². The van der Waals surface area contributed by atoms with Crippen LogP contribution in [0.25, 0.3) is 55.2 Å². The van der Waals surface area contributed by atoms with Gasteiger partial charge in [-0.1, -0.05) is 94.4 Å². The summed E-state index contributed by atoms with van der Waals surface area (Å²) < 4.78 is 4.72. The molecule has 244 valence electrons. The van der Waals surface area contributed by atoms with Crippen LogP contribution in [0.4, 0.5) is 17.1 Å². The zero-order valence-corrected chi connectivity index (χ0v) is 29.0. The largest absolute Gasteiger partial charge is 0.310 e. The average Bonchev–Trinajstić information content (AvgIpc) is 3.67. The quantitative estimate of drug-likeness (QED) is 0.186. The first-order valence-corrected chi connectivity index (χ1v) is 17.8. The molecule has 0 saturated carbocycles. The van der Waals surface area contributed by atoms with E-state index in [1.165, 1.54) is 60.8 Å². The summed E-state index contributed by atoms with van der Waals surface area (Å²) in [7, 11) is 0. The predicted octanol–water partition coefficient (Wildman–Crippen LogP) is 11.4. The molecule has 5 heteroatoms. The molecule has 0 unspecified atom stereocenters. The fourth-order valence-corrected chi connectivity index (χ4v) is 9.30. The summed E-state index contributed by atoms with van der Waals surface area (Å²) in [5, 5.41) is 4.89. The molecule has 5 aromatic carbocycles. The van der Waals surface area contributed by atoms with Gasteiger partial charge >= 0.3 is 0 Å². The van der Waals surface area contributed by atoms with Gasteiger partial charge < -0.3 is 4.90 Å². The van der Waals surface area contributed by atoms with E-state index in [1.807, 2.05) is 18.5 Å². The molecular formula is C46H35N5. The molecule has 0 fully saturated rings. The van der Waals surface area contributed by atoms with E-state index in [9.17, 15) is 0 Å². The Hall–Kier alpha value is -6.20. The average molecular weight is 658 g/mol. The van der Waals surface area contributed by atoms with Crippen LogP contribution >= 0.6 is 0 Å². The maximum atomic E-state index is 5.05. The third kappa shape index (κ3) is 3.60. The number of anilines is 3. The lowest BCUT2D eigenvalue weighted by molar-refractivity contribution is 0.624. The molecule has 5 nitrogen and oxygen atoms in total. The molecule has 0 amide bonds. The third-order valence-electron chi connectivity index (χ3n) is 11.8. The van der Waals surface area contributed by atoms with Gasteiger partial charge in [0.2, 0.25) is 0 Å². The normalized spacial score (nSPS) is 15.3. The highest BCUT2D eigenvalue weighted by Gasteiger charge is 2.40. The Kier molecular flexibility index (Phi) is 5.46. The Labute approximate surface area is 296 Å². The molecule has 51 heavy (non-hydrogen) atoms. The van der Waals surface area contributed by atoms with Crippen LogP contribution in [0.3, 0.4) is 0 Å². The minimum atomic E-state index is -0.230. The second-order valence-electron chi connectivity index (χ2n) is 15.1. The molecule has 9 aromatic rings. The van der Waals surface area contributed by atoms with Crippen LogP contribution in [-0.2, 0) is 10.8 Å². The molecule has 0 bridgehead atoms. The highest BCUT2D eigenvalue weighted by atomic mass is 15.2. The van der Waals surface area contributed by atoms with Crippen molar-refractivity contribution in [1.82, 2.24) is 19.1 Å². The summed E-state index contributed by atoms with van der Waals surface area (Å²) in [6.45, 7) is 9.40. The van der Waals surface area contributed by atoms with Gasteiger partial charge in [0, 0.05) is 61.7 Å². The van der Waals surface area contributed by atoms with E-state index < -0.39 is 0 Å². The zero-order chi connectivity index (χ0) is 34.2. The fourth-order valence-electron chi connectivity index (χ4n) is 9.30. The highest BCUT2D eigenvalue weighted by molar-refractivity contribution is 6.13. The molecule has 0 N–H and O–H groups in total. The van der Waals surface area contributed by atoms with Gasteiger partial charge in [-0.15, -0.1) is 0 Å². The summed E-state index contributed by atoms with van der Waals surface area (Å²) in [4.78, 5) is 12.4. The van der Waals surface area contributed by atoms with Crippen LogP contribution in [0.2, 0.25) is 0 Å². The van der Waals surface area contributed by atoms with Crippen LogP contribution in [0.5, 0.6) is 0 Å². The minimum Gasteiger partial charge on any atom is -0.310 e. The third-order valence-corrected chi connectivity index (χ3v) is 11.8. The summed E-state index contributed by atoms with van der Waals surface area (Å²) in [5.41, 5.74) is 13.9. The number of benzene rings is 5. The summed E-state index contributed by atoms with van der Waals surface area (Å²) >= 11 is 0. The lowest BCUT2D eigenvalue weighted by Crippen LogP contribution is -2.30. The standard InChI is InChI=1S/C46H35N5/c1-45(2)34-18-6-8-22-39(34)49(28-13-9-14-29(25-28)50-38-21-7-5-15-30(38)32-17-11-23-47-43(32)50)41-27-40-33(26-37(41)45)31-16-10-19-35-42(31)51(40)44-36(46(35,3)4)20-12-24-48-44/h5-27H,1-4H3. The Morgan fingerprint density at radius 2 is 1.14 bits per heavy atom. The smallest absolute Gasteiger partial charge is 0.145 e. The molecule has 0 aliphatic carbocycles. The molecule has 0 atom stereocenters. The van der Waals surface area contributed by atoms with Crippen LogP contribution in [0.15, 0.2) is 140 Å². The van der Waals surface area contributed by atoms with E-state index in [2.05, 4.69) is 163 Å². The van der Waals surface area contributed by atoms with Gasteiger partial charge in [0.15, 0.2) is 0 Å². The molecule has 11 rings (SSSR count). The lowest BCUT2D eigenvalue weighted by atomic mass is 9.73. The van der Waals surface area contributed by atoms with Crippen molar-refractivity contribution in [2.75, 3.05) is 4.90 Å². The summed E-state index contributed by atoms with van der Waals surface area (Å²) in [6.07, 6.45) is 3.82. The Morgan fingerprint density at radius 1 is 0.451 bits per heavy atom. The van der Waals surface area contributed by atoms with E-state index in [4.69, 9.17) is 9.97 Å². The van der Waals surface area contributed by atoms with Crippen molar-refractivity contribution in [2.24, 2.45) is 0 Å². The van der Waals surface area contributed by atoms with E-state index in [-0.39, 0.29) is 10.8 Å². The van der Waals surface area contributed by atoms with E-state index in [0.717, 1.165) is 33.7 Å². The van der Waals surface area contributed by atoms with Gasteiger partial charge in [-0.2, -0.15) is 0 Å². The number of nitrogens with zero attached hydrogens (tertiary/aromatic N) is 5. The number of fused-ring (bicyclic) bond motifs is 10. The van der Waals surface area contributed by atoms with Crippen LogP contribution in [0, 0.1) is 0 Å². The number of hydrogen-bond acceptors (Lipinski definition) is 3. The second kappa shape index (κ2) is 9.73. The van der Waals surface area contributed by atoms with E-state index in [0.29, 0.717) is 0 Å². The van der Waals surface area contributed by atoms with Crippen LogP contribution in [0.1, 0.15) is 49.9 Å². The van der Waals surface area contributed by atoms with E-state index in [1.54, 1.807) is 0 Å². The van der Waals surface area contributed by atoms with Crippen molar-refractivity contribution in [2.45, 2.75) is 38.5 Å². The van der Waals surface area contributed by atoms with Crippen LogP contribution < -0.4 is 4.90 Å². The molecule has 4 aromatic heterocycles. The van der Waals surface area contributed by atoms with Crippen molar-refractivity contribution in [3.63, 3.8) is 0 Å². The van der Waals surface area contributed by atoms with Crippen molar-refractivity contribution in [3.8, 4) is 11.5 Å². The van der Waals surface area contributed by atoms with E-state index >= 15 is 0 Å². The van der Waals surface area contributed by atoms with Crippen molar-refractivity contribution < 1.29 is 0 Å². The number of aromatic nitrogens is 4. The van der Waals surface area contributed by atoms with Crippen molar-refractivity contribution >= 4 is 60.8 Å². The maximum Gasteiger partial charge on any atom is 0.145 e. The lowest BCUT2D eigenvalue weighted by Gasteiger charge is -2.42. The van der Waals surface area contributed by atoms with Gasteiger partial charge in [0.1, 0.15) is 11.5 Å². The first-order chi connectivity index (χ1) is 24.8. The SMILES string of the molecule is CC1(C)c2ccccc2N(c2cccc(-n3c4ccccc4c4cccnc43)c2)c2cc3c(cc21)c1cccc2c1n3-c1ncccc1C2(C)C. The Balaban J connectivity index is 1.22. The fraction of sp³-hybridized carbons (Fsp3) is 0.130. The van der Waals surface area contributed by atoms with Gasteiger partial charge in [0.05, 0.1) is 27.9 Å². The zero-order valence-electron chi connectivity index (χ0n) is 29.0. The number of rotatable bonds is 2. The van der Waals surface area contributed by atoms with Gasteiger partial charge in [-0.05, 0) is 77.4 Å². The summed E-state index contributed by atoms with van der Waals surface area (Å²) in [6, 6.07) is 46.7. The molecule has 0 spiro atoms. The topological polar surface area (TPSA) is 38.9 Å². The Morgan fingerprint density at radius 3 is 2.06 bits per heavy atom. The molecule has 2 aliphatic rings. The molecule has 6 heterocycles. The molecular weight excluding hydrogens is 623 g/mol. The van der Waals surface area contributed by atoms with Crippen LogP contribution in [-0.4, -0.2) is 19.1 Å². The van der Waals surface area contributed by atoms with Gasteiger partial charge in [-0.25, -0.2) is 9.97 Å². The van der Waals surface area contributed by atoms with Crippen molar-refractivity contribution in [3.05, 3.63) is 162 Å². The van der Waals surface area contributed by atoms with Crippen molar-refractivity contribution in [1.29, 1.82) is 0 Å². The predicted molar refractivity (Wildman–Crippen MR) is 210 cm³/mol. The second-order valence-corrected chi connectivity index (χ2v) is 15.1. The summed E-state index contributed by atoms with van der Waals surface area (Å²) in [5.74, 6) is 1.02. The first-order valence-electron chi connectivity index (χ1n) is 17.8. The molecule has 0 radical (unpaired) electrons. The number of para-hydroxylation sites is 3. The minimum absolute atomic E-state index is 0.170. The monoisotopic (exact) mass is 657 g/mol. The first kappa shape index (κ1) is 28.6. The number of hydrogen-bond donors (Lipinski definition) is 0. The Bertz CT molecular complexity index is 2890. The van der Waals surface area contributed by atoms with Gasteiger partial charge in [0.25, 0.3) is 0 Å². The number of pyridine rings is 2. The molecule has 2 aliphatic heterocycles. The highest BCUT2D eigenvalue weighted by Crippen LogP contribution is 2.55. The maximum absolute atomic E-state index is 5.05.